The first-order chi connectivity index (χ1) is 13.6. The third-order valence-electron chi connectivity index (χ3n) is 6.29. The lowest BCUT2D eigenvalue weighted by Crippen LogP contribution is -2.54. The molecule has 0 N–H and O–H groups in total. The molecule has 2 aliphatic rings. The molecule has 0 saturated carbocycles. The van der Waals surface area contributed by atoms with Crippen molar-refractivity contribution in [3.05, 3.63) is 27.6 Å². The lowest BCUT2D eigenvalue weighted by molar-refractivity contribution is 0.0559. The minimum atomic E-state index is 0.00233. The molecule has 8 nitrogen and oxygen atoms in total. The summed E-state index contributed by atoms with van der Waals surface area (Å²) in [6.07, 6.45) is 2.63. The molecule has 0 amide bonds. The summed E-state index contributed by atoms with van der Waals surface area (Å²) >= 11 is 1.48. The third kappa shape index (κ3) is 3.06. The normalized spacial score (nSPS) is 23.1. The van der Waals surface area contributed by atoms with Gasteiger partial charge in [-0.25, -0.2) is 0 Å². The van der Waals surface area contributed by atoms with Crippen molar-refractivity contribution >= 4 is 27.3 Å². The van der Waals surface area contributed by atoms with Gasteiger partial charge in [0.15, 0.2) is 5.82 Å². The molecule has 2 fully saturated rings. The molecule has 28 heavy (non-hydrogen) atoms. The van der Waals surface area contributed by atoms with Gasteiger partial charge < -0.3 is 4.90 Å². The molecule has 2 saturated heterocycles. The van der Waals surface area contributed by atoms with E-state index in [1.807, 2.05) is 11.4 Å². The van der Waals surface area contributed by atoms with Crippen LogP contribution in [0.3, 0.4) is 0 Å². The molecule has 3 aromatic rings. The Morgan fingerprint density at radius 2 is 1.96 bits per heavy atom. The Balaban J connectivity index is 1.34. The van der Waals surface area contributed by atoms with Gasteiger partial charge >= 0.3 is 0 Å². The van der Waals surface area contributed by atoms with Gasteiger partial charge in [-0.15, -0.1) is 21.5 Å². The molecule has 5 heterocycles. The van der Waals surface area contributed by atoms with Gasteiger partial charge in [0, 0.05) is 45.8 Å². The lowest BCUT2D eigenvalue weighted by Gasteiger charge is -2.42. The number of rotatable bonds is 3. The number of likely N-dealkylation sites (tertiary alicyclic amines) is 1. The monoisotopic (exact) mass is 401 g/mol. The van der Waals surface area contributed by atoms with Crippen molar-refractivity contribution in [2.24, 2.45) is 7.05 Å². The van der Waals surface area contributed by atoms with Gasteiger partial charge in [-0.3, -0.25) is 23.6 Å². The molecular weight excluding hydrogens is 374 g/mol. The van der Waals surface area contributed by atoms with Crippen LogP contribution in [0.15, 0.2) is 16.2 Å². The van der Waals surface area contributed by atoms with Crippen molar-refractivity contribution in [3.8, 4) is 0 Å². The highest BCUT2D eigenvalue weighted by atomic mass is 32.1. The smallest absolute Gasteiger partial charge is 0.272 e. The van der Waals surface area contributed by atoms with Crippen LogP contribution in [0.1, 0.15) is 18.7 Å². The summed E-state index contributed by atoms with van der Waals surface area (Å²) in [6, 6.07) is 2.70. The van der Waals surface area contributed by atoms with Crippen molar-refractivity contribution in [3.63, 3.8) is 0 Å². The number of likely N-dealkylation sites (N-methyl/N-ethyl adjacent to an activating group) is 1. The second kappa shape index (κ2) is 7.22. The second-order valence-electron chi connectivity index (χ2n) is 8.12. The molecule has 9 heteroatoms. The molecule has 0 aliphatic carbocycles. The van der Waals surface area contributed by atoms with Gasteiger partial charge in [-0.2, -0.15) is 0 Å². The maximum atomic E-state index is 12.5. The van der Waals surface area contributed by atoms with Gasteiger partial charge in [0.05, 0.1) is 12.1 Å². The molecule has 3 aromatic heterocycles. The van der Waals surface area contributed by atoms with E-state index in [2.05, 4.69) is 36.3 Å². The molecule has 1 atom stereocenters. The zero-order valence-electron chi connectivity index (χ0n) is 16.5. The van der Waals surface area contributed by atoms with E-state index in [1.165, 1.54) is 37.3 Å². The van der Waals surface area contributed by atoms with E-state index in [0.717, 1.165) is 48.8 Å². The predicted molar refractivity (Wildman–Crippen MR) is 111 cm³/mol. The number of hydrogen-bond donors (Lipinski definition) is 0. The van der Waals surface area contributed by atoms with Crippen LogP contribution in [-0.4, -0.2) is 86.2 Å². The molecule has 0 spiro atoms. The number of fused-ring (bicyclic) bond motifs is 3. The van der Waals surface area contributed by atoms with Gasteiger partial charge in [-0.1, -0.05) is 0 Å². The predicted octanol–water partition coefficient (Wildman–Crippen LogP) is 0.854. The van der Waals surface area contributed by atoms with E-state index in [9.17, 15) is 4.79 Å². The first-order valence-corrected chi connectivity index (χ1v) is 10.9. The van der Waals surface area contributed by atoms with Crippen LogP contribution in [0.25, 0.3) is 16.0 Å². The summed E-state index contributed by atoms with van der Waals surface area (Å²) in [5.41, 5.74) is 0.925. The Hall–Kier alpha value is -1.81. The highest BCUT2D eigenvalue weighted by Crippen LogP contribution is 2.21. The maximum absolute atomic E-state index is 12.5. The fourth-order valence-corrected chi connectivity index (χ4v) is 5.53. The molecule has 5 rings (SSSR count). The summed E-state index contributed by atoms with van der Waals surface area (Å²) in [7, 11) is 4.01. The largest absolute Gasteiger partial charge is 0.305 e. The van der Waals surface area contributed by atoms with Crippen LogP contribution in [0.4, 0.5) is 0 Å². The fourth-order valence-electron chi connectivity index (χ4n) is 4.68. The number of thiophene rings is 1. The Kier molecular flexibility index (Phi) is 4.70. The summed E-state index contributed by atoms with van der Waals surface area (Å²) in [6.45, 7) is 7.52. The average Bonchev–Trinajstić information content (AvgIpc) is 3.34. The van der Waals surface area contributed by atoms with Gasteiger partial charge in [0.1, 0.15) is 4.70 Å². The van der Waals surface area contributed by atoms with Crippen LogP contribution < -0.4 is 5.56 Å². The van der Waals surface area contributed by atoms with Gasteiger partial charge in [-0.05, 0) is 37.9 Å². The average molecular weight is 402 g/mol. The van der Waals surface area contributed by atoms with E-state index in [4.69, 9.17) is 0 Å². The van der Waals surface area contributed by atoms with E-state index >= 15 is 0 Å². The number of hydrogen-bond acceptors (Lipinski definition) is 7. The Morgan fingerprint density at radius 3 is 2.75 bits per heavy atom. The highest BCUT2D eigenvalue weighted by Gasteiger charge is 2.27. The first kappa shape index (κ1) is 18.2. The number of aryl methyl sites for hydroxylation is 1. The van der Waals surface area contributed by atoms with E-state index in [1.54, 1.807) is 11.6 Å². The Bertz CT molecular complexity index is 1050. The van der Waals surface area contributed by atoms with Gasteiger partial charge in [0.25, 0.3) is 5.56 Å². The lowest BCUT2D eigenvalue weighted by atomic mass is 10.0. The maximum Gasteiger partial charge on any atom is 0.272 e. The second-order valence-corrected chi connectivity index (χ2v) is 9.04. The molecule has 0 radical (unpaired) electrons. The number of nitrogens with zero attached hydrogens (tertiary/aromatic N) is 7. The zero-order valence-corrected chi connectivity index (χ0v) is 17.4. The summed E-state index contributed by atoms with van der Waals surface area (Å²) in [5, 5.41) is 10.7. The SMILES string of the molecule is CN1CCCC(N2CCN(Cc3nnc4n(C)c(=O)c5sccc5n34)CC2)C1. The van der Waals surface area contributed by atoms with E-state index in [-0.39, 0.29) is 5.56 Å². The molecule has 0 bridgehead atoms. The summed E-state index contributed by atoms with van der Waals surface area (Å²) in [5.74, 6) is 1.54. The number of piperazine rings is 1. The number of aromatic nitrogens is 4. The van der Waals surface area contributed by atoms with Crippen LogP contribution in [0.5, 0.6) is 0 Å². The molecule has 2 aliphatic heterocycles. The van der Waals surface area contributed by atoms with Crippen LogP contribution in [0.2, 0.25) is 0 Å². The van der Waals surface area contributed by atoms with Crippen LogP contribution in [0, 0.1) is 0 Å². The van der Waals surface area contributed by atoms with Crippen LogP contribution in [-0.2, 0) is 13.6 Å². The van der Waals surface area contributed by atoms with Crippen molar-refractivity contribution < 1.29 is 0 Å². The van der Waals surface area contributed by atoms with Gasteiger partial charge in [0.2, 0.25) is 5.78 Å². The number of piperidine rings is 1. The topological polar surface area (TPSA) is 61.9 Å². The quantitative estimate of drug-likeness (QED) is 0.649. The summed E-state index contributed by atoms with van der Waals surface area (Å²) in [4.78, 5) is 20.1. The minimum Gasteiger partial charge on any atom is -0.305 e. The van der Waals surface area contributed by atoms with Crippen molar-refractivity contribution in [1.82, 2.24) is 33.9 Å². The van der Waals surface area contributed by atoms with Crippen molar-refractivity contribution in [2.45, 2.75) is 25.4 Å². The van der Waals surface area contributed by atoms with Crippen molar-refractivity contribution in [1.29, 1.82) is 0 Å². The Labute approximate surface area is 168 Å². The third-order valence-corrected chi connectivity index (χ3v) is 7.18. The Morgan fingerprint density at radius 1 is 1.14 bits per heavy atom. The van der Waals surface area contributed by atoms with Crippen molar-refractivity contribution in [2.75, 3.05) is 46.3 Å². The first-order valence-electron chi connectivity index (χ1n) is 10.1. The summed E-state index contributed by atoms with van der Waals surface area (Å²) < 4.78 is 4.42. The van der Waals surface area contributed by atoms with Crippen LogP contribution >= 0.6 is 11.3 Å². The molecular formula is C19H27N7OS. The molecule has 150 valence electrons. The standard InChI is InChI=1S/C19H27N7OS/c1-22-6-3-4-14(12-22)25-9-7-24(8-10-25)13-16-20-21-19-23(2)18(27)17-15(26(16)19)5-11-28-17/h5,11,14H,3-4,6-10,12-13H2,1-2H3. The highest BCUT2D eigenvalue weighted by molar-refractivity contribution is 7.17. The molecule has 1 unspecified atom stereocenters. The zero-order chi connectivity index (χ0) is 19.3. The minimum absolute atomic E-state index is 0.00233. The van der Waals surface area contributed by atoms with E-state index in [0.29, 0.717) is 11.8 Å². The van der Waals surface area contributed by atoms with E-state index < -0.39 is 0 Å². The molecule has 0 aromatic carbocycles. The fraction of sp³-hybridized carbons (Fsp3) is 0.632.